The summed E-state index contributed by atoms with van der Waals surface area (Å²) in [7, 11) is 0. The van der Waals surface area contributed by atoms with Gasteiger partial charge in [0.2, 0.25) is 0 Å². The number of hydrogen-bond acceptors (Lipinski definition) is 4. The summed E-state index contributed by atoms with van der Waals surface area (Å²) in [5.74, 6) is -0.173. The second kappa shape index (κ2) is 6.79. The summed E-state index contributed by atoms with van der Waals surface area (Å²) in [4.78, 5) is 11.2. The molecule has 0 aromatic carbocycles. The highest BCUT2D eigenvalue weighted by molar-refractivity contribution is 5.76. The molecule has 84 valence electrons. The van der Waals surface area contributed by atoms with Gasteiger partial charge in [-0.25, -0.2) is 0 Å². The molecule has 0 aromatic rings. The normalized spacial score (nSPS) is 17.2. The summed E-state index contributed by atoms with van der Waals surface area (Å²) in [6, 6.07) is -0.927. The van der Waals surface area contributed by atoms with Gasteiger partial charge in [0.25, 0.3) is 0 Å². The summed E-state index contributed by atoms with van der Waals surface area (Å²) in [5.41, 5.74) is 5.40. The maximum absolute atomic E-state index is 11.2. The van der Waals surface area contributed by atoms with Crippen LogP contribution in [0.3, 0.4) is 0 Å². The minimum Gasteiger partial charge on any atom is -0.464 e. The molecule has 3 atom stereocenters. The molecule has 0 aliphatic rings. The Morgan fingerprint density at radius 3 is 2.50 bits per heavy atom. The molecule has 3 N–H and O–H groups in total. The number of nitrogens with two attached hydrogens (primary N) is 1. The molecule has 0 spiro atoms. The van der Waals surface area contributed by atoms with Crippen LogP contribution < -0.4 is 5.73 Å². The molecule has 0 aliphatic carbocycles. The van der Waals surface area contributed by atoms with Gasteiger partial charge in [0.05, 0.1) is 12.7 Å². The van der Waals surface area contributed by atoms with Gasteiger partial charge in [0.15, 0.2) is 0 Å². The summed E-state index contributed by atoms with van der Waals surface area (Å²) in [6.45, 7) is 5.96. The largest absolute Gasteiger partial charge is 0.464 e. The zero-order valence-electron chi connectivity index (χ0n) is 9.19. The van der Waals surface area contributed by atoms with Gasteiger partial charge in [-0.2, -0.15) is 0 Å². The molecule has 4 nitrogen and oxygen atoms in total. The van der Waals surface area contributed by atoms with Gasteiger partial charge in [-0.15, -0.1) is 0 Å². The van der Waals surface area contributed by atoms with Crippen LogP contribution in [-0.2, 0) is 9.53 Å². The van der Waals surface area contributed by atoms with E-state index >= 15 is 0 Å². The van der Waals surface area contributed by atoms with E-state index in [1.165, 1.54) is 6.92 Å². The molecule has 0 radical (unpaired) electrons. The second-order valence-corrected chi connectivity index (χ2v) is 3.79. The lowest BCUT2D eigenvalue weighted by atomic mass is 10.1. The highest BCUT2D eigenvalue weighted by atomic mass is 16.5. The first-order valence-electron chi connectivity index (χ1n) is 5.09. The van der Waals surface area contributed by atoms with Crippen LogP contribution in [0, 0.1) is 5.92 Å². The second-order valence-electron chi connectivity index (χ2n) is 3.79. The third kappa shape index (κ3) is 5.19. The minimum atomic E-state index is -0.927. The number of ether oxygens (including phenoxy) is 1. The van der Waals surface area contributed by atoms with E-state index in [1.807, 2.05) is 6.92 Å². The van der Waals surface area contributed by atoms with Crippen LogP contribution >= 0.6 is 0 Å². The number of carbonyl (C=O) groups is 1. The molecular weight excluding hydrogens is 182 g/mol. The molecule has 0 rings (SSSR count). The predicted molar refractivity (Wildman–Crippen MR) is 54.7 cm³/mol. The molecule has 0 saturated heterocycles. The zero-order chi connectivity index (χ0) is 11.1. The molecule has 0 heterocycles. The predicted octanol–water partition coefficient (Wildman–Crippen LogP) is 0.674. The number of aliphatic hydroxyl groups is 1. The van der Waals surface area contributed by atoms with Crippen LogP contribution in [-0.4, -0.2) is 29.8 Å². The van der Waals surface area contributed by atoms with Gasteiger partial charge in [0, 0.05) is 0 Å². The molecule has 0 aromatic heterocycles. The van der Waals surface area contributed by atoms with Crippen molar-refractivity contribution in [3.8, 4) is 0 Å². The van der Waals surface area contributed by atoms with E-state index in [0.717, 1.165) is 12.8 Å². The Bertz CT molecular complexity index is 171. The van der Waals surface area contributed by atoms with E-state index in [1.54, 1.807) is 0 Å². The molecule has 0 fully saturated rings. The van der Waals surface area contributed by atoms with Crippen LogP contribution in [0.25, 0.3) is 0 Å². The van der Waals surface area contributed by atoms with Crippen molar-refractivity contribution in [3.63, 3.8) is 0 Å². The smallest absolute Gasteiger partial charge is 0.325 e. The van der Waals surface area contributed by atoms with Crippen LogP contribution in [0.5, 0.6) is 0 Å². The fourth-order valence-corrected chi connectivity index (χ4v) is 1.09. The summed E-state index contributed by atoms with van der Waals surface area (Å²) >= 11 is 0. The van der Waals surface area contributed by atoms with Crippen LogP contribution in [0.2, 0.25) is 0 Å². The Balaban J connectivity index is 3.73. The van der Waals surface area contributed by atoms with E-state index in [-0.39, 0.29) is 0 Å². The lowest BCUT2D eigenvalue weighted by Crippen LogP contribution is -2.41. The third-order valence-electron chi connectivity index (χ3n) is 2.08. The lowest BCUT2D eigenvalue weighted by Gasteiger charge is -2.16. The average Bonchev–Trinajstić information content (AvgIpc) is 2.13. The zero-order valence-corrected chi connectivity index (χ0v) is 9.19. The van der Waals surface area contributed by atoms with Crippen molar-refractivity contribution in [2.75, 3.05) is 6.61 Å². The topological polar surface area (TPSA) is 72.5 Å². The maximum Gasteiger partial charge on any atom is 0.325 e. The Morgan fingerprint density at radius 2 is 2.07 bits per heavy atom. The van der Waals surface area contributed by atoms with E-state index in [2.05, 4.69) is 6.92 Å². The van der Waals surface area contributed by atoms with Crippen LogP contribution in [0.15, 0.2) is 0 Å². The monoisotopic (exact) mass is 203 g/mol. The molecule has 0 saturated carbocycles. The minimum absolute atomic E-state index is 0.352. The van der Waals surface area contributed by atoms with Crippen LogP contribution in [0.4, 0.5) is 0 Å². The van der Waals surface area contributed by atoms with Gasteiger partial charge in [-0.05, 0) is 19.3 Å². The van der Waals surface area contributed by atoms with Crippen molar-refractivity contribution in [2.24, 2.45) is 11.7 Å². The quantitative estimate of drug-likeness (QED) is 0.622. The molecule has 0 aliphatic heterocycles. The van der Waals surface area contributed by atoms with Gasteiger partial charge < -0.3 is 15.6 Å². The first-order valence-corrected chi connectivity index (χ1v) is 5.09. The maximum atomic E-state index is 11.2. The number of aliphatic hydroxyl groups excluding tert-OH is 1. The van der Waals surface area contributed by atoms with E-state index in [4.69, 9.17) is 15.6 Å². The number of carbonyl (C=O) groups excluding carboxylic acids is 1. The highest BCUT2D eigenvalue weighted by Gasteiger charge is 2.20. The molecule has 4 heteroatoms. The Morgan fingerprint density at radius 1 is 1.50 bits per heavy atom. The fraction of sp³-hybridized carbons (Fsp3) is 0.900. The van der Waals surface area contributed by atoms with E-state index in [0.29, 0.717) is 12.5 Å². The highest BCUT2D eigenvalue weighted by Crippen LogP contribution is 2.05. The standard InChI is InChI=1S/C10H21NO3/c1-4-5-7(2)6-14-10(13)9(11)8(3)12/h7-9,12H,4-6,11H2,1-3H3. The Labute approximate surface area is 85.4 Å². The van der Waals surface area contributed by atoms with Crippen LogP contribution in [0.1, 0.15) is 33.6 Å². The van der Waals surface area contributed by atoms with Crippen molar-refractivity contribution in [1.82, 2.24) is 0 Å². The van der Waals surface area contributed by atoms with Crippen molar-refractivity contribution in [2.45, 2.75) is 45.8 Å². The van der Waals surface area contributed by atoms with E-state index in [9.17, 15) is 4.79 Å². The third-order valence-corrected chi connectivity index (χ3v) is 2.08. The van der Waals surface area contributed by atoms with Crippen molar-refractivity contribution in [3.05, 3.63) is 0 Å². The molecule has 0 bridgehead atoms. The lowest BCUT2D eigenvalue weighted by molar-refractivity contribution is -0.148. The van der Waals surface area contributed by atoms with E-state index < -0.39 is 18.1 Å². The first-order chi connectivity index (χ1) is 6.49. The molecule has 14 heavy (non-hydrogen) atoms. The van der Waals surface area contributed by atoms with Gasteiger partial charge in [0.1, 0.15) is 6.04 Å². The molecule has 0 amide bonds. The first kappa shape index (κ1) is 13.4. The van der Waals surface area contributed by atoms with Gasteiger partial charge >= 0.3 is 5.97 Å². The number of esters is 1. The molecular formula is C10H21NO3. The Kier molecular flexibility index (Phi) is 6.49. The summed E-state index contributed by atoms with van der Waals surface area (Å²) in [6.07, 6.45) is 1.24. The van der Waals surface area contributed by atoms with Crippen molar-refractivity contribution >= 4 is 5.97 Å². The Hall–Kier alpha value is -0.610. The summed E-state index contributed by atoms with van der Waals surface area (Å²) < 4.78 is 4.96. The van der Waals surface area contributed by atoms with Crippen molar-refractivity contribution < 1.29 is 14.6 Å². The SMILES string of the molecule is CCCC(C)COC(=O)C(N)C(C)O. The van der Waals surface area contributed by atoms with Gasteiger partial charge in [-0.1, -0.05) is 20.3 Å². The number of rotatable bonds is 6. The van der Waals surface area contributed by atoms with Crippen molar-refractivity contribution in [1.29, 1.82) is 0 Å². The average molecular weight is 203 g/mol. The van der Waals surface area contributed by atoms with Gasteiger partial charge in [-0.3, -0.25) is 4.79 Å². The molecule has 3 unspecified atom stereocenters. The summed E-state index contributed by atoms with van der Waals surface area (Å²) in [5, 5.41) is 9.03. The number of hydrogen-bond donors (Lipinski definition) is 2. The fourth-order valence-electron chi connectivity index (χ4n) is 1.09.